The van der Waals surface area contributed by atoms with Gasteiger partial charge in [-0.1, -0.05) is 81.5 Å². The zero-order chi connectivity index (χ0) is 19.2. The fraction of sp³-hybridized carbons (Fsp3) is 0.208. The summed E-state index contributed by atoms with van der Waals surface area (Å²) in [6.45, 7) is 7.21. The van der Waals surface area contributed by atoms with Gasteiger partial charge in [-0.2, -0.15) is 0 Å². The van der Waals surface area contributed by atoms with Gasteiger partial charge in [0.25, 0.3) is 0 Å². The van der Waals surface area contributed by atoms with Gasteiger partial charge in [-0.05, 0) is 39.1 Å². The van der Waals surface area contributed by atoms with Crippen molar-refractivity contribution in [2.24, 2.45) is 5.73 Å². The molecule has 3 aromatic rings. The first kappa shape index (κ1) is 17.3. The molecule has 0 fully saturated rings. The van der Waals surface area contributed by atoms with E-state index in [1.54, 1.807) is 0 Å². The molecule has 1 aliphatic carbocycles. The van der Waals surface area contributed by atoms with Crippen molar-refractivity contribution in [1.29, 1.82) is 5.41 Å². The fourth-order valence-electron chi connectivity index (χ4n) is 3.73. The molecular weight excluding hydrogens is 330 g/mol. The van der Waals surface area contributed by atoms with E-state index in [4.69, 9.17) is 11.1 Å². The molecule has 0 atom stereocenters. The van der Waals surface area contributed by atoms with Crippen LogP contribution in [0.25, 0.3) is 22.9 Å². The second-order valence-electron chi connectivity index (χ2n) is 8.20. The fourth-order valence-corrected chi connectivity index (χ4v) is 3.73. The molecule has 0 saturated carbocycles. The molecule has 0 bridgehead atoms. The molecule has 0 heterocycles. The molecular formula is C24H25N3. The third kappa shape index (κ3) is 3.10. The number of guanidine groups is 1. The molecule has 3 N–H and O–H groups in total. The Kier molecular flexibility index (Phi) is 4.03. The average molecular weight is 355 g/mol. The Labute approximate surface area is 160 Å². The molecule has 1 aliphatic rings. The Morgan fingerprint density at radius 2 is 1.59 bits per heavy atom. The van der Waals surface area contributed by atoms with Crippen molar-refractivity contribution in [2.75, 3.05) is 4.90 Å². The number of nitrogens with zero attached hydrogens (tertiary/aromatic N) is 1. The number of benzene rings is 3. The predicted octanol–water partition coefficient (Wildman–Crippen LogP) is 5.52. The zero-order valence-electron chi connectivity index (χ0n) is 16.1. The lowest BCUT2D eigenvalue weighted by Gasteiger charge is -2.25. The Hall–Kier alpha value is -3.07. The van der Waals surface area contributed by atoms with E-state index in [9.17, 15) is 0 Å². The van der Waals surface area contributed by atoms with Crippen LogP contribution in [0.5, 0.6) is 0 Å². The summed E-state index contributed by atoms with van der Waals surface area (Å²) in [5.41, 5.74) is 12.0. The van der Waals surface area contributed by atoms with Gasteiger partial charge in [-0.3, -0.25) is 5.41 Å². The van der Waals surface area contributed by atoms with E-state index in [0.717, 1.165) is 16.6 Å². The summed E-state index contributed by atoms with van der Waals surface area (Å²) in [7, 11) is 0. The van der Waals surface area contributed by atoms with Gasteiger partial charge < -0.3 is 10.6 Å². The lowest BCUT2D eigenvalue weighted by molar-refractivity contribution is 0.590. The van der Waals surface area contributed by atoms with Crippen LogP contribution in [0.2, 0.25) is 0 Å². The van der Waals surface area contributed by atoms with Crippen LogP contribution in [-0.4, -0.2) is 5.96 Å². The Morgan fingerprint density at radius 3 is 2.22 bits per heavy atom. The number of hydrogen-bond acceptors (Lipinski definition) is 1. The first-order valence-electron chi connectivity index (χ1n) is 9.29. The van der Waals surface area contributed by atoms with Gasteiger partial charge in [-0.25, -0.2) is 0 Å². The van der Waals surface area contributed by atoms with E-state index in [2.05, 4.69) is 87.5 Å². The molecule has 0 aliphatic heterocycles. The summed E-state index contributed by atoms with van der Waals surface area (Å²) in [5.74, 6) is 0.0570. The van der Waals surface area contributed by atoms with Crippen LogP contribution in [0, 0.1) is 5.41 Å². The van der Waals surface area contributed by atoms with E-state index in [1.165, 1.54) is 22.1 Å². The minimum Gasteiger partial charge on any atom is -0.370 e. The topological polar surface area (TPSA) is 53.1 Å². The van der Waals surface area contributed by atoms with Gasteiger partial charge in [0.05, 0.1) is 12.2 Å². The second kappa shape index (κ2) is 6.27. The quantitative estimate of drug-likeness (QED) is 0.375. The molecule has 0 aromatic heterocycles. The molecule has 3 aromatic carbocycles. The highest BCUT2D eigenvalue weighted by molar-refractivity contribution is 6.12. The molecule has 0 spiro atoms. The second-order valence-corrected chi connectivity index (χ2v) is 8.20. The van der Waals surface area contributed by atoms with Gasteiger partial charge in [0.2, 0.25) is 0 Å². The molecule has 27 heavy (non-hydrogen) atoms. The summed E-state index contributed by atoms with van der Waals surface area (Å²) >= 11 is 0. The summed E-state index contributed by atoms with van der Waals surface area (Å²) in [5, 5.41) is 10.5. The maximum Gasteiger partial charge on any atom is 0.193 e. The van der Waals surface area contributed by atoms with Gasteiger partial charge in [-0.15, -0.1) is 0 Å². The van der Waals surface area contributed by atoms with E-state index >= 15 is 0 Å². The molecule has 4 rings (SSSR count). The van der Waals surface area contributed by atoms with Crippen LogP contribution in [0.4, 0.5) is 5.69 Å². The SMILES string of the molecule is CC(C)(C)c1ccc(CN(C(=N)N)c2ccc3c4c(cccc24)C=C3)cc1. The van der Waals surface area contributed by atoms with Gasteiger partial charge in [0.15, 0.2) is 5.96 Å². The minimum atomic E-state index is 0.0570. The number of nitrogens with two attached hydrogens (primary N) is 1. The number of hydrogen-bond donors (Lipinski definition) is 2. The zero-order valence-corrected chi connectivity index (χ0v) is 16.1. The van der Waals surface area contributed by atoms with Crippen LogP contribution in [0.1, 0.15) is 43.0 Å². The number of rotatable bonds is 3. The highest BCUT2D eigenvalue weighted by Crippen LogP contribution is 2.37. The van der Waals surface area contributed by atoms with Crippen LogP contribution in [0.15, 0.2) is 54.6 Å². The normalized spacial score (nSPS) is 12.6. The van der Waals surface area contributed by atoms with E-state index in [-0.39, 0.29) is 11.4 Å². The van der Waals surface area contributed by atoms with Crippen molar-refractivity contribution in [3.05, 3.63) is 76.9 Å². The summed E-state index contributed by atoms with van der Waals surface area (Å²) in [4.78, 5) is 1.88. The van der Waals surface area contributed by atoms with Gasteiger partial charge >= 0.3 is 0 Å². The van der Waals surface area contributed by atoms with Crippen molar-refractivity contribution >= 4 is 34.6 Å². The third-order valence-electron chi connectivity index (χ3n) is 5.27. The van der Waals surface area contributed by atoms with Crippen LogP contribution in [-0.2, 0) is 12.0 Å². The largest absolute Gasteiger partial charge is 0.370 e. The van der Waals surface area contributed by atoms with Crippen LogP contribution >= 0.6 is 0 Å². The average Bonchev–Trinajstić information content (AvgIpc) is 3.05. The smallest absolute Gasteiger partial charge is 0.193 e. The standard InChI is InChI=1S/C24H25N3/c1-24(2,3)19-12-7-16(8-13-19)15-27(23(25)26)21-14-11-18-10-9-17-5-4-6-20(21)22(17)18/h4-14H,15H2,1-3H3,(H3,25,26). The Morgan fingerprint density at radius 1 is 0.926 bits per heavy atom. The predicted molar refractivity (Wildman–Crippen MR) is 116 cm³/mol. The maximum atomic E-state index is 8.17. The highest BCUT2D eigenvalue weighted by atomic mass is 15.2. The molecule has 0 saturated heterocycles. The van der Waals surface area contributed by atoms with E-state index < -0.39 is 0 Å². The first-order chi connectivity index (χ1) is 12.8. The molecule has 136 valence electrons. The van der Waals surface area contributed by atoms with Gasteiger partial charge in [0, 0.05) is 5.39 Å². The molecule has 3 nitrogen and oxygen atoms in total. The van der Waals surface area contributed by atoms with E-state index in [0.29, 0.717) is 6.54 Å². The van der Waals surface area contributed by atoms with Crippen molar-refractivity contribution in [3.63, 3.8) is 0 Å². The van der Waals surface area contributed by atoms with Gasteiger partial charge in [0.1, 0.15) is 0 Å². The van der Waals surface area contributed by atoms with Crippen molar-refractivity contribution in [3.8, 4) is 0 Å². The lowest BCUT2D eigenvalue weighted by atomic mass is 9.87. The van der Waals surface area contributed by atoms with Crippen molar-refractivity contribution in [1.82, 2.24) is 0 Å². The summed E-state index contributed by atoms with van der Waals surface area (Å²) < 4.78 is 0. The minimum absolute atomic E-state index is 0.0570. The molecule has 0 radical (unpaired) electrons. The third-order valence-corrected chi connectivity index (χ3v) is 5.27. The molecule has 0 unspecified atom stereocenters. The number of anilines is 1. The van der Waals surface area contributed by atoms with Crippen molar-refractivity contribution in [2.45, 2.75) is 32.7 Å². The van der Waals surface area contributed by atoms with E-state index in [1.807, 2.05) is 4.90 Å². The Bertz CT molecular complexity index is 1040. The number of nitrogens with one attached hydrogen (secondary N) is 1. The monoisotopic (exact) mass is 355 g/mol. The van der Waals surface area contributed by atoms with Crippen LogP contribution < -0.4 is 10.6 Å². The first-order valence-corrected chi connectivity index (χ1v) is 9.29. The highest BCUT2D eigenvalue weighted by Gasteiger charge is 2.18. The summed E-state index contributed by atoms with van der Waals surface area (Å²) in [6, 6.07) is 19.1. The lowest BCUT2D eigenvalue weighted by Crippen LogP contribution is -2.36. The summed E-state index contributed by atoms with van der Waals surface area (Å²) in [6.07, 6.45) is 4.29. The molecule has 0 amide bonds. The maximum absolute atomic E-state index is 8.17. The van der Waals surface area contributed by atoms with Crippen LogP contribution in [0.3, 0.4) is 0 Å². The Balaban J connectivity index is 1.73. The molecule has 3 heteroatoms. The van der Waals surface area contributed by atoms with Crippen molar-refractivity contribution < 1.29 is 0 Å².